The Morgan fingerprint density at radius 3 is 2.53 bits per heavy atom. The molecule has 1 aliphatic rings. The highest BCUT2D eigenvalue weighted by atomic mass is 35.5. The van der Waals surface area contributed by atoms with Gasteiger partial charge in [0.2, 0.25) is 0 Å². The van der Waals surface area contributed by atoms with Crippen molar-refractivity contribution in [1.82, 2.24) is 5.32 Å². The van der Waals surface area contributed by atoms with Gasteiger partial charge in [-0.1, -0.05) is 30.9 Å². The van der Waals surface area contributed by atoms with Crippen molar-refractivity contribution in [3.8, 4) is 0 Å². The lowest BCUT2D eigenvalue weighted by Gasteiger charge is -2.24. The van der Waals surface area contributed by atoms with E-state index in [0.29, 0.717) is 11.3 Å². The lowest BCUT2D eigenvalue weighted by Crippen LogP contribution is -2.34. The van der Waals surface area contributed by atoms with Gasteiger partial charge in [0.25, 0.3) is 0 Å². The van der Waals surface area contributed by atoms with Crippen LogP contribution in [0.3, 0.4) is 0 Å². The molecule has 0 saturated heterocycles. The summed E-state index contributed by atoms with van der Waals surface area (Å²) in [6.45, 7) is 0. The van der Waals surface area contributed by atoms with Crippen LogP contribution in [0.1, 0.15) is 32.1 Å². The van der Waals surface area contributed by atoms with Crippen LogP contribution in [0.25, 0.3) is 0 Å². The number of hydrogen-bond acceptors (Lipinski definition) is 2. The van der Waals surface area contributed by atoms with E-state index in [1.165, 1.54) is 37.0 Å². The summed E-state index contributed by atoms with van der Waals surface area (Å²) < 4.78 is 0. The highest BCUT2D eigenvalue weighted by Gasteiger charge is 2.22. The van der Waals surface area contributed by atoms with Crippen molar-refractivity contribution in [3.05, 3.63) is 29.3 Å². The van der Waals surface area contributed by atoms with Gasteiger partial charge < -0.3 is 5.32 Å². The average molecular weight is 270 g/mol. The highest BCUT2D eigenvalue weighted by molar-refractivity contribution is 8.00. The maximum atomic E-state index is 5.91. The quantitative estimate of drug-likeness (QED) is 0.819. The van der Waals surface area contributed by atoms with E-state index in [-0.39, 0.29) is 0 Å². The van der Waals surface area contributed by atoms with E-state index < -0.39 is 0 Å². The van der Waals surface area contributed by atoms with Crippen LogP contribution in [-0.4, -0.2) is 18.3 Å². The first-order valence-electron chi connectivity index (χ1n) is 6.39. The monoisotopic (exact) mass is 269 g/mol. The van der Waals surface area contributed by atoms with E-state index in [9.17, 15) is 0 Å². The zero-order chi connectivity index (χ0) is 12.1. The van der Waals surface area contributed by atoms with Crippen LogP contribution in [0.2, 0.25) is 5.02 Å². The minimum absolute atomic E-state index is 0.651. The van der Waals surface area contributed by atoms with Gasteiger partial charge in [-0.3, -0.25) is 0 Å². The third-order valence-corrected chi connectivity index (χ3v) is 5.09. The van der Waals surface area contributed by atoms with Crippen LogP contribution in [0.5, 0.6) is 0 Å². The third-order valence-electron chi connectivity index (χ3n) is 3.42. The van der Waals surface area contributed by atoms with E-state index in [1.807, 2.05) is 23.9 Å². The van der Waals surface area contributed by atoms with Crippen LogP contribution < -0.4 is 5.32 Å². The first kappa shape index (κ1) is 13.3. The van der Waals surface area contributed by atoms with E-state index in [2.05, 4.69) is 24.5 Å². The fourth-order valence-corrected chi connectivity index (χ4v) is 3.92. The molecule has 0 aromatic heterocycles. The molecule has 0 amide bonds. The van der Waals surface area contributed by atoms with Gasteiger partial charge >= 0.3 is 0 Å². The standard InChI is InChI=1S/C14H20ClNS/c1-16-13-5-3-2-4-6-14(13)17-12-9-7-11(15)8-10-12/h7-10,13-14,16H,2-6H2,1H3. The molecular formula is C14H20ClNS. The van der Waals surface area contributed by atoms with Crippen LogP contribution in [-0.2, 0) is 0 Å². The second-order valence-corrected chi connectivity index (χ2v) is 6.39. The fraction of sp³-hybridized carbons (Fsp3) is 0.571. The molecule has 1 aromatic rings. The Hall–Kier alpha value is -0.180. The molecule has 1 nitrogen and oxygen atoms in total. The molecule has 1 saturated carbocycles. The lowest BCUT2D eigenvalue weighted by atomic mass is 10.1. The Labute approximate surface area is 113 Å². The van der Waals surface area contributed by atoms with Gasteiger partial charge in [0.15, 0.2) is 0 Å². The maximum absolute atomic E-state index is 5.91. The molecule has 2 unspecified atom stereocenters. The number of benzene rings is 1. The van der Waals surface area contributed by atoms with Crippen molar-refractivity contribution in [1.29, 1.82) is 0 Å². The van der Waals surface area contributed by atoms with Crippen LogP contribution in [0, 0.1) is 0 Å². The Morgan fingerprint density at radius 1 is 1.12 bits per heavy atom. The zero-order valence-corrected chi connectivity index (χ0v) is 11.9. The van der Waals surface area contributed by atoms with Gasteiger partial charge in [0.05, 0.1) is 0 Å². The molecule has 0 bridgehead atoms. The summed E-state index contributed by atoms with van der Waals surface area (Å²) in [5.74, 6) is 0. The molecule has 3 heteroatoms. The van der Waals surface area contributed by atoms with Crippen molar-refractivity contribution in [2.45, 2.75) is 48.3 Å². The number of nitrogens with one attached hydrogen (secondary N) is 1. The van der Waals surface area contributed by atoms with Crippen LogP contribution in [0.15, 0.2) is 29.2 Å². The molecule has 1 aromatic carbocycles. The summed E-state index contributed by atoms with van der Waals surface area (Å²) in [6.07, 6.45) is 6.74. The summed E-state index contributed by atoms with van der Waals surface area (Å²) in [7, 11) is 2.09. The van der Waals surface area contributed by atoms with Crippen molar-refractivity contribution in [3.63, 3.8) is 0 Å². The first-order valence-corrected chi connectivity index (χ1v) is 7.65. The van der Waals surface area contributed by atoms with Crippen molar-refractivity contribution >= 4 is 23.4 Å². The highest BCUT2D eigenvalue weighted by Crippen LogP contribution is 2.33. The SMILES string of the molecule is CNC1CCCCCC1Sc1ccc(Cl)cc1. The molecule has 17 heavy (non-hydrogen) atoms. The lowest BCUT2D eigenvalue weighted by molar-refractivity contribution is 0.510. The van der Waals surface area contributed by atoms with Crippen LogP contribution >= 0.6 is 23.4 Å². The van der Waals surface area contributed by atoms with E-state index >= 15 is 0 Å². The maximum Gasteiger partial charge on any atom is 0.0406 e. The molecule has 1 aliphatic carbocycles. The predicted octanol–water partition coefficient (Wildman–Crippen LogP) is 4.35. The van der Waals surface area contributed by atoms with Gasteiger partial charge in [-0.25, -0.2) is 0 Å². The largest absolute Gasteiger partial charge is 0.316 e. The van der Waals surface area contributed by atoms with Gasteiger partial charge in [0.1, 0.15) is 0 Å². The minimum Gasteiger partial charge on any atom is -0.316 e. The van der Waals surface area contributed by atoms with Crippen molar-refractivity contribution in [2.75, 3.05) is 7.05 Å². The second kappa shape index (κ2) is 6.67. The third kappa shape index (κ3) is 3.90. The molecule has 2 rings (SSSR count). The van der Waals surface area contributed by atoms with Gasteiger partial charge in [-0.05, 0) is 44.2 Å². The van der Waals surface area contributed by atoms with Crippen LogP contribution in [0.4, 0.5) is 0 Å². The molecule has 1 N–H and O–H groups in total. The van der Waals surface area contributed by atoms with E-state index in [0.717, 1.165) is 5.02 Å². The molecular weight excluding hydrogens is 250 g/mol. The normalized spacial score (nSPS) is 25.5. The Kier molecular flexibility index (Phi) is 5.20. The van der Waals surface area contributed by atoms with E-state index in [1.54, 1.807) is 0 Å². The summed E-state index contributed by atoms with van der Waals surface area (Å²) in [5, 5.41) is 5.00. The zero-order valence-electron chi connectivity index (χ0n) is 10.3. The van der Waals surface area contributed by atoms with Crippen molar-refractivity contribution < 1.29 is 0 Å². The Bertz CT molecular complexity index is 339. The molecule has 1 fully saturated rings. The number of rotatable bonds is 3. The van der Waals surface area contributed by atoms with Gasteiger partial charge in [-0.15, -0.1) is 11.8 Å². The molecule has 0 aliphatic heterocycles. The van der Waals surface area contributed by atoms with Gasteiger partial charge in [-0.2, -0.15) is 0 Å². The predicted molar refractivity (Wildman–Crippen MR) is 77.0 cm³/mol. The second-order valence-electron chi connectivity index (χ2n) is 4.64. The van der Waals surface area contributed by atoms with Gasteiger partial charge in [0, 0.05) is 21.2 Å². The molecule has 0 radical (unpaired) electrons. The fourth-order valence-electron chi connectivity index (χ4n) is 2.43. The van der Waals surface area contributed by atoms with E-state index in [4.69, 9.17) is 11.6 Å². The average Bonchev–Trinajstić information content (AvgIpc) is 2.57. The summed E-state index contributed by atoms with van der Waals surface area (Å²) >= 11 is 7.91. The molecule has 94 valence electrons. The summed E-state index contributed by atoms with van der Waals surface area (Å²) in [4.78, 5) is 1.33. The molecule has 0 heterocycles. The number of hydrogen-bond donors (Lipinski definition) is 1. The topological polar surface area (TPSA) is 12.0 Å². The summed E-state index contributed by atoms with van der Waals surface area (Å²) in [5.41, 5.74) is 0. The number of thioether (sulfide) groups is 1. The smallest absolute Gasteiger partial charge is 0.0406 e. The molecule has 2 atom stereocenters. The Balaban J connectivity index is 2.01. The minimum atomic E-state index is 0.651. The van der Waals surface area contributed by atoms with Crippen molar-refractivity contribution in [2.24, 2.45) is 0 Å². The number of halogens is 1. The Morgan fingerprint density at radius 2 is 1.82 bits per heavy atom. The first-order chi connectivity index (χ1) is 8.29. The molecule has 0 spiro atoms. The summed E-state index contributed by atoms with van der Waals surface area (Å²) in [6, 6.07) is 8.87.